The first kappa shape index (κ1) is 17.3. The number of halogens is 3. The molecule has 1 N–H and O–H groups in total. The van der Waals surface area contributed by atoms with E-state index in [-0.39, 0.29) is 10.7 Å². The molecule has 8 heteroatoms. The largest absolute Gasteiger partial charge is 0.321 e. The van der Waals surface area contributed by atoms with Crippen LogP contribution in [0.3, 0.4) is 0 Å². The van der Waals surface area contributed by atoms with Crippen molar-refractivity contribution in [3.8, 4) is 0 Å². The standard InChI is InChI=1S/C15H9Cl3N2O3/c16-10-3-5-13(12(18)8-10)19-15(21)6-2-9-1-4-11(17)14(7-9)20(22)23/h1-8H,(H,19,21)/b6-2+. The van der Waals surface area contributed by atoms with Crippen molar-refractivity contribution in [2.45, 2.75) is 0 Å². The zero-order chi connectivity index (χ0) is 17.0. The molecule has 5 nitrogen and oxygen atoms in total. The third-order valence-corrected chi connectivity index (χ3v) is 3.65. The Morgan fingerprint density at radius 3 is 2.48 bits per heavy atom. The maximum atomic E-state index is 11.9. The number of hydrogen-bond donors (Lipinski definition) is 1. The highest BCUT2D eigenvalue weighted by Crippen LogP contribution is 2.26. The molecule has 0 unspecified atom stereocenters. The van der Waals surface area contributed by atoms with E-state index < -0.39 is 10.8 Å². The summed E-state index contributed by atoms with van der Waals surface area (Å²) in [5, 5.41) is 14.2. The predicted molar refractivity (Wildman–Crippen MR) is 92.2 cm³/mol. The third-order valence-electron chi connectivity index (χ3n) is 2.78. The number of benzene rings is 2. The van der Waals surface area contributed by atoms with Crippen LogP contribution in [0, 0.1) is 10.1 Å². The van der Waals surface area contributed by atoms with Crippen LogP contribution in [-0.2, 0) is 4.79 Å². The lowest BCUT2D eigenvalue weighted by Crippen LogP contribution is -2.08. The van der Waals surface area contributed by atoms with E-state index >= 15 is 0 Å². The van der Waals surface area contributed by atoms with E-state index in [0.29, 0.717) is 21.3 Å². The van der Waals surface area contributed by atoms with Gasteiger partial charge in [-0.15, -0.1) is 0 Å². The van der Waals surface area contributed by atoms with Crippen molar-refractivity contribution in [1.82, 2.24) is 0 Å². The Balaban J connectivity index is 2.12. The van der Waals surface area contributed by atoms with Crippen LogP contribution in [0.5, 0.6) is 0 Å². The fourth-order valence-electron chi connectivity index (χ4n) is 1.71. The average Bonchev–Trinajstić information content (AvgIpc) is 2.49. The van der Waals surface area contributed by atoms with Crippen molar-refractivity contribution >= 4 is 58.2 Å². The molecule has 2 aromatic rings. The van der Waals surface area contributed by atoms with Gasteiger partial charge in [-0.3, -0.25) is 14.9 Å². The van der Waals surface area contributed by atoms with Gasteiger partial charge < -0.3 is 5.32 Å². The molecule has 0 aromatic heterocycles. The van der Waals surface area contributed by atoms with E-state index in [4.69, 9.17) is 34.8 Å². The molecule has 2 rings (SSSR count). The van der Waals surface area contributed by atoms with Crippen molar-refractivity contribution in [3.63, 3.8) is 0 Å². The Morgan fingerprint density at radius 2 is 1.83 bits per heavy atom. The molecule has 0 aliphatic heterocycles. The average molecular weight is 372 g/mol. The molecular formula is C15H9Cl3N2O3. The van der Waals surface area contributed by atoms with Crippen LogP contribution in [0.2, 0.25) is 15.1 Å². The van der Waals surface area contributed by atoms with Crippen LogP contribution >= 0.6 is 34.8 Å². The van der Waals surface area contributed by atoms with Crippen LogP contribution in [0.1, 0.15) is 5.56 Å². The molecular weight excluding hydrogens is 363 g/mol. The Morgan fingerprint density at radius 1 is 1.09 bits per heavy atom. The number of nitro groups is 1. The highest BCUT2D eigenvalue weighted by atomic mass is 35.5. The van der Waals surface area contributed by atoms with Crippen LogP contribution in [0.25, 0.3) is 6.08 Å². The summed E-state index contributed by atoms with van der Waals surface area (Å²) in [5.74, 6) is -0.438. The third kappa shape index (κ3) is 4.69. The van der Waals surface area contributed by atoms with E-state index in [1.54, 1.807) is 18.2 Å². The number of carbonyl (C=O) groups excluding carboxylic acids is 1. The van der Waals surface area contributed by atoms with Crippen molar-refractivity contribution in [1.29, 1.82) is 0 Å². The minimum atomic E-state index is -0.590. The smallest absolute Gasteiger partial charge is 0.288 e. The van der Waals surface area contributed by atoms with Crippen molar-refractivity contribution in [2.24, 2.45) is 0 Å². The van der Waals surface area contributed by atoms with Gasteiger partial charge in [0, 0.05) is 17.2 Å². The number of nitro benzene ring substituents is 1. The molecule has 0 heterocycles. The first-order chi connectivity index (χ1) is 10.9. The highest BCUT2D eigenvalue weighted by molar-refractivity contribution is 6.36. The number of hydrogen-bond acceptors (Lipinski definition) is 3. The first-order valence-electron chi connectivity index (χ1n) is 6.25. The molecule has 0 atom stereocenters. The van der Waals surface area contributed by atoms with Crippen LogP contribution in [0.15, 0.2) is 42.5 Å². The van der Waals surface area contributed by atoms with Crippen LogP contribution in [0.4, 0.5) is 11.4 Å². The SMILES string of the molecule is O=C(/C=C/c1ccc(Cl)c([N+](=O)[O-])c1)Nc1ccc(Cl)cc1Cl. The van der Waals surface area contributed by atoms with E-state index in [1.165, 1.54) is 30.4 Å². The summed E-state index contributed by atoms with van der Waals surface area (Å²) in [6.45, 7) is 0. The van der Waals surface area contributed by atoms with Gasteiger partial charge in [-0.25, -0.2) is 0 Å². The van der Waals surface area contributed by atoms with Crippen molar-refractivity contribution < 1.29 is 9.72 Å². The molecule has 1 amide bonds. The van der Waals surface area contributed by atoms with E-state index in [2.05, 4.69) is 5.32 Å². The van der Waals surface area contributed by atoms with Gasteiger partial charge in [0.2, 0.25) is 5.91 Å². The lowest BCUT2D eigenvalue weighted by Gasteiger charge is -2.05. The molecule has 2 aromatic carbocycles. The number of anilines is 1. The summed E-state index contributed by atoms with van der Waals surface area (Å²) in [6.07, 6.45) is 2.67. The summed E-state index contributed by atoms with van der Waals surface area (Å²) in [6, 6.07) is 8.91. The maximum absolute atomic E-state index is 11.9. The van der Waals surface area contributed by atoms with Crippen molar-refractivity contribution in [3.05, 3.63) is 73.2 Å². The molecule has 0 saturated heterocycles. The van der Waals surface area contributed by atoms with Gasteiger partial charge in [0.1, 0.15) is 5.02 Å². The number of nitrogens with one attached hydrogen (secondary N) is 1. The zero-order valence-electron chi connectivity index (χ0n) is 11.4. The molecule has 0 aliphatic rings. The molecule has 0 bridgehead atoms. The monoisotopic (exact) mass is 370 g/mol. The Bertz CT molecular complexity index is 807. The van der Waals surface area contributed by atoms with Crippen LogP contribution in [-0.4, -0.2) is 10.8 Å². The van der Waals surface area contributed by atoms with E-state index in [1.807, 2.05) is 0 Å². The molecule has 0 radical (unpaired) electrons. The molecule has 118 valence electrons. The fourth-order valence-corrected chi connectivity index (χ4v) is 2.35. The quantitative estimate of drug-likeness (QED) is 0.456. The number of nitrogens with zero attached hydrogens (tertiary/aromatic N) is 1. The molecule has 23 heavy (non-hydrogen) atoms. The fraction of sp³-hybridized carbons (Fsp3) is 0. The Kier molecular flexibility index (Phi) is 5.60. The van der Waals surface area contributed by atoms with Gasteiger partial charge in [0.05, 0.1) is 15.6 Å². The van der Waals surface area contributed by atoms with E-state index in [9.17, 15) is 14.9 Å². The second kappa shape index (κ2) is 7.46. The number of amides is 1. The molecule has 0 aliphatic carbocycles. The molecule has 0 fully saturated rings. The Hall–Kier alpha value is -2.08. The Labute approximate surface area is 146 Å². The van der Waals surface area contributed by atoms with Gasteiger partial charge >= 0.3 is 0 Å². The summed E-state index contributed by atoms with van der Waals surface area (Å²) in [4.78, 5) is 22.1. The van der Waals surface area contributed by atoms with E-state index in [0.717, 1.165) is 0 Å². The summed E-state index contributed by atoms with van der Waals surface area (Å²) < 4.78 is 0. The molecule has 0 saturated carbocycles. The lowest BCUT2D eigenvalue weighted by atomic mass is 10.2. The number of rotatable bonds is 4. The summed E-state index contributed by atoms with van der Waals surface area (Å²) in [5.41, 5.74) is 0.654. The minimum absolute atomic E-state index is 0.0320. The predicted octanol–water partition coefficient (Wildman–Crippen LogP) is 5.21. The van der Waals surface area contributed by atoms with Gasteiger partial charge in [0.15, 0.2) is 0 Å². The second-order valence-electron chi connectivity index (χ2n) is 4.41. The van der Waals surface area contributed by atoms with Gasteiger partial charge in [0.25, 0.3) is 5.69 Å². The normalized spacial score (nSPS) is 10.7. The lowest BCUT2D eigenvalue weighted by molar-refractivity contribution is -0.384. The van der Waals surface area contributed by atoms with Crippen LogP contribution < -0.4 is 5.32 Å². The summed E-state index contributed by atoms with van der Waals surface area (Å²) in [7, 11) is 0. The topological polar surface area (TPSA) is 72.2 Å². The maximum Gasteiger partial charge on any atom is 0.288 e. The number of carbonyl (C=O) groups is 1. The first-order valence-corrected chi connectivity index (χ1v) is 7.38. The van der Waals surface area contributed by atoms with Gasteiger partial charge in [-0.2, -0.15) is 0 Å². The van der Waals surface area contributed by atoms with Gasteiger partial charge in [-0.1, -0.05) is 40.9 Å². The molecule has 0 spiro atoms. The van der Waals surface area contributed by atoms with Gasteiger partial charge in [-0.05, 0) is 35.9 Å². The summed E-state index contributed by atoms with van der Waals surface area (Å²) >= 11 is 17.4. The highest BCUT2D eigenvalue weighted by Gasteiger charge is 2.11. The zero-order valence-corrected chi connectivity index (χ0v) is 13.7. The minimum Gasteiger partial charge on any atom is -0.321 e. The van der Waals surface area contributed by atoms with Crippen molar-refractivity contribution in [2.75, 3.05) is 5.32 Å². The second-order valence-corrected chi connectivity index (χ2v) is 5.67.